The Balaban J connectivity index is 1.49. The van der Waals surface area contributed by atoms with E-state index in [4.69, 9.17) is 0 Å². The van der Waals surface area contributed by atoms with Crippen LogP contribution in [0.4, 0.5) is 0 Å². The van der Waals surface area contributed by atoms with Gasteiger partial charge in [-0.05, 0) is 43.5 Å². The number of para-hydroxylation sites is 1. The number of aryl methyl sites for hydroxylation is 1. The highest BCUT2D eigenvalue weighted by Gasteiger charge is 2.69. The van der Waals surface area contributed by atoms with Crippen LogP contribution in [0.15, 0.2) is 42.5 Å². The van der Waals surface area contributed by atoms with Gasteiger partial charge in [-0.2, -0.15) is 0 Å². The first-order valence-corrected chi connectivity index (χ1v) is 12.9. The van der Waals surface area contributed by atoms with Crippen molar-refractivity contribution in [2.24, 2.45) is 11.8 Å². The largest absolute Gasteiger partial charge is 0.480 e. The highest BCUT2D eigenvalue weighted by atomic mass is 16.4. The second kappa shape index (κ2) is 8.42. The summed E-state index contributed by atoms with van der Waals surface area (Å²) in [5.41, 5.74) is 1.01. The van der Waals surface area contributed by atoms with Crippen molar-refractivity contribution in [1.29, 1.82) is 0 Å². The van der Waals surface area contributed by atoms with Crippen LogP contribution in [-0.4, -0.2) is 55.7 Å². The normalized spacial score (nSPS) is 28.9. The number of aliphatic hydroxyl groups is 1. The summed E-state index contributed by atoms with van der Waals surface area (Å²) in [5.74, 6) is -4.11. The molecule has 1 aromatic heterocycles. The van der Waals surface area contributed by atoms with Crippen LogP contribution in [0.5, 0.6) is 0 Å². The van der Waals surface area contributed by atoms with Gasteiger partial charge in [-0.15, -0.1) is 0 Å². The summed E-state index contributed by atoms with van der Waals surface area (Å²) in [6, 6.07) is 13.2. The van der Waals surface area contributed by atoms with Gasteiger partial charge >= 0.3 is 5.97 Å². The summed E-state index contributed by atoms with van der Waals surface area (Å²) in [6.07, 6.45) is 4.46. The van der Waals surface area contributed by atoms with Gasteiger partial charge in [0, 0.05) is 40.4 Å². The Kier molecular flexibility index (Phi) is 5.42. The van der Waals surface area contributed by atoms with E-state index in [0.29, 0.717) is 0 Å². The Morgan fingerprint density at radius 1 is 1.03 bits per heavy atom. The van der Waals surface area contributed by atoms with Gasteiger partial charge in [-0.1, -0.05) is 43.5 Å². The molecule has 3 fully saturated rings. The van der Waals surface area contributed by atoms with Crippen LogP contribution in [0.1, 0.15) is 50.6 Å². The number of aromatic nitrogens is 1. The number of hydrogen-bond acceptors (Lipinski definition) is 5. The quantitative estimate of drug-likeness (QED) is 0.475. The number of imide groups is 1. The maximum atomic E-state index is 13.8. The van der Waals surface area contributed by atoms with Gasteiger partial charge in [-0.3, -0.25) is 24.6 Å². The first kappa shape index (κ1) is 23.2. The molecule has 2 amide bonds. The number of aliphatic carboxylic acids is 1. The Morgan fingerprint density at radius 3 is 2.44 bits per heavy atom. The van der Waals surface area contributed by atoms with E-state index in [1.54, 1.807) is 0 Å². The standard InChI is InChI=1S/C28H31N3O5/c1-2-30-20-11-7-6-10-18(20)19-14-16(12-13-21(19)30)24-22-23(28(15-32,29-24)27(35)36)26(34)31(25(22)33)17-8-4-3-5-9-17/h6-7,10-14,17,22-24,29,32H,2-5,8-9,15H2,1H3,(H,35,36). The fourth-order valence-corrected chi connectivity index (χ4v) is 7.03. The molecule has 2 saturated heterocycles. The number of nitrogens with zero attached hydrogens (tertiary/aromatic N) is 2. The first-order valence-electron chi connectivity index (χ1n) is 12.9. The van der Waals surface area contributed by atoms with Crippen molar-refractivity contribution in [2.45, 2.75) is 63.2 Å². The zero-order valence-corrected chi connectivity index (χ0v) is 20.3. The molecular weight excluding hydrogens is 458 g/mol. The molecule has 8 heteroatoms. The third-order valence-electron chi connectivity index (χ3n) is 8.73. The topological polar surface area (TPSA) is 112 Å². The van der Waals surface area contributed by atoms with Crippen molar-refractivity contribution in [3.63, 3.8) is 0 Å². The Morgan fingerprint density at radius 2 is 1.75 bits per heavy atom. The zero-order valence-electron chi connectivity index (χ0n) is 20.3. The number of likely N-dealkylation sites (tertiary alicyclic amines) is 1. The van der Waals surface area contributed by atoms with E-state index in [0.717, 1.165) is 66.0 Å². The number of hydrogen-bond donors (Lipinski definition) is 3. The average molecular weight is 490 g/mol. The maximum Gasteiger partial charge on any atom is 0.327 e. The van der Waals surface area contributed by atoms with E-state index in [1.165, 1.54) is 4.90 Å². The lowest BCUT2D eigenvalue weighted by Crippen LogP contribution is -2.59. The van der Waals surface area contributed by atoms with Gasteiger partial charge in [0.15, 0.2) is 5.54 Å². The number of nitrogens with one attached hydrogen (secondary N) is 1. The van der Waals surface area contributed by atoms with E-state index < -0.39 is 41.9 Å². The van der Waals surface area contributed by atoms with E-state index in [1.807, 2.05) is 30.3 Å². The predicted octanol–water partition coefficient (Wildman–Crippen LogP) is 3.21. The van der Waals surface area contributed by atoms with E-state index in [2.05, 4.69) is 28.9 Å². The minimum Gasteiger partial charge on any atom is -0.480 e. The monoisotopic (exact) mass is 489 g/mol. The molecule has 2 aromatic carbocycles. The number of fused-ring (bicyclic) bond motifs is 4. The van der Waals surface area contributed by atoms with E-state index in [-0.39, 0.29) is 11.9 Å². The summed E-state index contributed by atoms with van der Waals surface area (Å²) in [7, 11) is 0. The Labute approximate surface area is 208 Å². The highest BCUT2D eigenvalue weighted by Crippen LogP contribution is 2.50. The van der Waals surface area contributed by atoms with Gasteiger partial charge in [0.25, 0.3) is 0 Å². The van der Waals surface area contributed by atoms with Crippen LogP contribution in [0, 0.1) is 11.8 Å². The SMILES string of the molecule is CCn1c2ccccc2c2cc(C3NC(CO)(C(=O)O)C4C(=O)N(C5CCCCC5)C(=O)C34)ccc21. The van der Waals surface area contributed by atoms with Crippen LogP contribution in [0.25, 0.3) is 21.8 Å². The zero-order chi connectivity index (χ0) is 25.2. The minimum atomic E-state index is -1.90. The summed E-state index contributed by atoms with van der Waals surface area (Å²) in [5, 5.41) is 25.7. The van der Waals surface area contributed by atoms with Crippen molar-refractivity contribution >= 4 is 39.6 Å². The molecule has 36 heavy (non-hydrogen) atoms. The molecule has 2 aliphatic heterocycles. The van der Waals surface area contributed by atoms with Crippen molar-refractivity contribution < 1.29 is 24.6 Å². The molecule has 3 aliphatic rings. The number of carbonyl (C=O) groups is 3. The molecule has 0 radical (unpaired) electrons. The van der Waals surface area contributed by atoms with Gasteiger partial charge in [0.1, 0.15) is 0 Å². The van der Waals surface area contributed by atoms with Gasteiger partial charge < -0.3 is 14.8 Å². The van der Waals surface area contributed by atoms with Crippen LogP contribution in [0.2, 0.25) is 0 Å². The number of rotatable bonds is 5. The Hall–Kier alpha value is -3.23. The molecule has 4 atom stereocenters. The molecule has 0 spiro atoms. The molecule has 3 N–H and O–H groups in total. The molecule has 4 unspecified atom stereocenters. The molecule has 3 aromatic rings. The second-order valence-corrected chi connectivity index (χ2v) is 10.4. The number of aliphatic hydroxyl groups excluding tert-OH is 1. The van der Waals surface area contributed by atoms with Crippen LogP contribution < -0.4 is 5.32 Å². The molecular formula is C28H31N3O5. The third kappa shape index (κ3) is 3.04. The predicted molar refractivity (Wildman–Crippen MR) is 134 cm³/mol. The van der Waals surface area contributed by atoms with Crippen molar-refractivity contribution in [1.82, 2.24) is 14.8 Å². The number of carboxylic acid groups (broad SMARTS) is 1. The lowest BCUT2D eigenvalue weighted by Gasteiger charge is -2.33. The minimum absolute atomic E-state index is 0.194. The van der Waals surface area contributed by atoms with Gasteiger partial charge in [0.05, 0.1) is 18.4 Å². The Bertz CT molecular complexity index is 1390. The molecule has 0 bridgehead atoms. The first-order chi connectivity index (χ1) is 17.4. The van der Waals surface area contributed by atoms with E-state index >= 15 is 0 Å². The van der Waals surface area contributed by atoms with Crippen molar-refractivity contribution in [2.75, 3.05) is 6.61 Å². The number of carboxylic acids is 1. The van der Waals surface area contributed by atoms with Crippen LogP contribution >= 0.6 is 0 Å². The summed E-state index contributed by atoms with van der Waals surface area (Å²) in [6.45, 7) is 2.12. The van der Waals surface area contributed by atoms with Crippen LogP contribution in [-0.2, 0) is 20.9 Å². The number of carbonyl (C=O) groups excluding carboxylic acids is 2. The highest BCUT2D eigenvalue weighted by molar-refractivity contribution is 6.11. The second-order valence-electron chi connectivity index (χ2n) is 10.4. The molecule has 3 heterocycles. The lowest BCUT2D eigenvalue weighted by molar-refractivity contribution is -0.154. The summed E-state index contributed by atoms with van der Waals surface area (Å²) >= 11 is 0. The third-order valence-corrected chi connectivity index (χ3v) is 8.73. The van der Waals surface area contributed by atoms with Crippen molar-refractivity contribution in [3.8, 4) is 0 Å². The molecule has 1 saturated carbocycles. The van der Waals surface area contributed by atoms with Gasteiger partial charge in [-0.25, -0.2) is 0 Å². The number of amides is 2. The van der Waals surface area contributed by atoms with E-state index in [9.17, 15) is 24.6 Å². The van der Waals surface area contributed by atoms with Gasteiger partial charge in [0.2, 0.25) is 11.8 Å². The number of benzene rings is 2. The lowest BCUT2D eigenvalue weighted by atomic mass is 9.79. The van der Waals surface area contributed by atoms with Crippen LogP contribution in [0.3, 0.4) is 0 Å². The molecule has 8 nitrogen and oxygen atoms in total. The smallest absolute Gasteiger partial charge is 0.327 e. The van der Waals surface area contributed by atoms with Crippen molar-refractivity contribution in [3.05, 3.63) is 48.0 Å². The molecule has 188 valence electrons. The molecule has 1 aliphatic carbocycles. The average Bonchev–Trinajstić information content (AvgIpc) is 3.51. The fraction of sp³-hybridized carbons (Fsp3) is 0.464. The maximum absolute atomic E-state index is 13.8. The molecule has 6 rings (SSSR count). The summed E-state index contributed by atoms with van der Waals surface area (Å²) in [4.78, 5) is 41.4. The summed E-state index contributed by atoms with van der Waals surface area (Å²) < 4.78 is 2.23. The fourth-order valence-electron chi connectivity index (χ4n) is 7.03.